The van der Waals surface area contributed by atoms with Crippen molar-refractivity contribution in [2.75, 3.05) is 32.7 Å². The SMILES string of the molecule is CC(C)C(CNCCN1CCNC1=O)C(C)C. The first-order chi connectivity index (χ1) is 8.02. The van der Waals surface area contributed by atoms with Crippen LogP contribution in [0.4, 0.5) is 4.79 Å². The van der Waals surface area contributed by atoms with Gasteiger partial charge in [0, 0.05) is 26.2 Å². The number of urea groups is 1. The Bertz CT molecular complexity index is 233. The summed E-state index contributed by atoms with van der Waals surface area (Å²) in [7, 11) is 0. The fraction of sp³-hybridized carbons (Fsp3) is 0.923. The molecular weight excluding hydrogens is 214 g/mol. The number of amides is 2. The third-order valence-electron chi connectivity index (χ3n) is 3.60. The van der Waals surface area contributed by atoms with Gasteiger partial charge >= 0.3 is 6.03 Å². The Hall–Kier alpha value is -0.770. The average molecular weight is 241 g/mol. The number of carbonyl (C=O) groups excluding carboxylic acids is 1. The zero-order valence-electron chi connectivity index (χ0n) is 11.6. The molecule has 1 aliphatic heterocycles. The van der Waals surface area contributed by atoms with Gasteiger partial charge in [-0.25, -0.2) is 4.79 Å². The summed E-state index contributed by atoms with van der Waals surface area (Å²) in [5.74, 6) is 2.12. The largest absolute Gasteiger partial charge is 0.336 e. The Balaban J connectivity index is 2.16. The van der Waals surface area contributed by atoms with E-state index in [1.807, 2.05) is 4.90 Å². The molecule has 0 aliphatic carbocycles. The molecule has 17 heavy (non-hydrogen) atoms. The van der Waals surface area contributed by atoms with Crippen molar-refractivity contribution in [3.63, 3.8) is 0 Å². The molecule has 2 amide bonds. The monoisotopic (exact) mass is 241 g/mol. The van der Waals surface area contributed by atoms with Crippen LogP contribution in [-0.4, -0.2) is 43.7 Å². The minimum Gasteiger partial charge on any atom is -0.336 e. The van der Waals surface area contributed by atoms with Gasteiger partial charge in [-0.2, -0.15) is 0 Å². The number of nitrogens with zero attached hydrogens (tertiary/aromatic N) is 1. The summed E-state index contributed by atoms with van der Waals surface area (Å²) in [5.41, 5.74) is 0. The molecule has 1 heterocycles. The standard InChI is InChI=1S/C13H27N3O/c1-10(2)12(11(3)4)9-14-5-7-16-8-6-15-13(16)17/h10-12,14H,5-9H2,1-4H3,(H,15,17). The van der Waals surface area contributed by atoms with Gasteiger partial charge in [-0.1, -0.05) is 27.7 Å². The molecule has 0 aromatic heterocycles. The van der Waals surface area contributed by atoms with Gasteiger partial charge in [0.15, 0.2) is 0 Å². The second kappa shape index (κ2) is 6.84. The van der Waals surface area contributed by atoms with Crippen LogP contribution in [0.3, 0.4) is 0 Å². The number of hydrogen-bond donors (Lipinski definition) is 2. The highest BCUT2D eigenvalue weighted by Crippen LogP contribution is 2.19. The molecule has 0 spiro atoms. The molecule has 2 N–H and O–H groups in total. The third-order valence-corrected chi connectivity index (χ3v) is 3.60. The Morgan fingerprint density at radius 1 is 1.29 bits per heavy atom. The highest BCUT2D eigenvalue weighted by atomic mass is 16.2. The van der Waals surface area contributed by atoms with E-state index in [4.69, 9.17) is 0 Å². The van der Waals surface area contributed by atoms with E-state index in [9.17, 15) is 4.79 Å². The van der Waals surface area contributed by atoms with Gasteiger partial charge < -0.3 is 15.5 Å². The average Bonchev–Trinajstić information content (AvgIpc) is 2.63. The fourth-order valence-electron chi connectivity index (χ4n) is 2.45. The first-order valence-electron chi connectivity index (χ1n) is 6.76. The molecular formula is C13H27N3O. The number of hydrogen-bond acceptors (Lipinski definition) is 2. The molecule has 1 rings (SSSR count). The topological polar surface area (TPSA) is 44.4 Å². The minimum absolute atomic E-state index is 0.0797. The van der Waals surface area contributed by atoms with Gasteiger partial charge in [-0.15, -0.1) is 0 Å². The number of nitrogens with one attached hydrogen (secondary N) is 2. The Kier molecular flexibility index (Phi) is 5.75. The van der Waals surface area contributed by atoms with Crippen LogP contribution in [0.15, 0.2) is 0 Å². The Morgan fingerprint density at radius 3 is 2.41 bits per heavy atom. The summed E-state index contributed by atoms with van der Waals surface area (Å²) in [4.78, 5) is 13.2. The maximum Gasteiger partial charge on any atom is 0.317 e. The highest BCUT2D eigenvalue weighted by molar-refractivity contribution is 5.76. The molecule has 1 aliphatic rings. The maximum atomic E-state index is 11.3. The van der Waals surface area contributed by atoms with E-state index in [1.165, 1.54) is 0 Å². The lowest BCUT2D eigenvalue weighted by Crippen LogP contribution is -2.37. The molecule has 1 fully saturated rings. The molecule has 4 heteroatoms. The summed E-state index contributed by atoms with van der Waals surface area (Å²) in [6, 6.07) is 0.0797. The van der Waals surface area contributed by atoms with Crippen molar-refractivity contribution in [3.8, 4) is 0 Å². The quantitative estimate of drug-likeness (QED) is 0.664. The van der Waals surface area contributed by atoms with E-state index in [2.05, 4.69) is 38.3 Å². The van der Waals surface area contributed by atoms with Gasteiger partial charge in [0.2, 0.25) is 0 Å². The predicted octanol–water partition coefficient (Wildman–Crippen LogP) is 1.53. The number of carbonyl (C=O) groups is 1. The zero-order chi connectivity index (χ0) is 12.8. The molecule has 0 unspecified atom stereocenters. The molecule has 0 radical (unpaired) electrons. The Labute approximate surface area is 105 Å². The van der Waals surface area contributed by atoms with E-state index in [1.54, 1.807) is 0 Å². The van der Waals surface area contributed by atoms with Crippen molar-refractivity contribution < 1.29 is 4.79 Å². The van der Waals surface area contributed by atoms with Crippen LogP contribution in [0.1, 0.15) is 27.7 Å². The van der Waals surface area contributed by atoms with Crippen molar-refractivity contribution >= 4 is 6.03 Å². The van der Waals surface area contributed by atoms with Crippen LogP contribution in [0.2, 0.25) is 0 Å². The summed E-state index contributed by atoms with van der Waals surface area (Å²) >= 11 is 0. The van der Waals surface area contributed by atoms with Crippen LogP contribution in [0.25, 0.3) is 0 Å². The summed E-state index contributed by atoms with van der Waals surface area (Å²) < 4.78 is 0. The highest BCUT2D eigenvalue weighted by Gasteiger charge is 2.19. The summed E-state index contributed by atoms with van der Waals surface area (Å²) in [5, 5.41) is 6.29. The molecule has 0 aromatic rings. The van der Waals surface area contributed by atoms with Gasteiger partial charge in [0.05, 0.1) is 0 Å². The molecule has 100 valence electrons. The van der Waals surface area contributed by atoms with Gasteiger partial charge in [-0.3, -0.25) is 0 Å². The van der Waals surface area contributed by atoms with E-state index in [-0.39, 0.29) is 6.03 Å². The lowest BCUT2D eigenvalue weighted by molar-refractivity contribution is 0.215. The molecule has 0 aromatic carbocycles. The van der Waals surface area contributed by atoms with Crippen LogP contribution in [-0.2, 0) is 0 Å². The van der Waals surface area contributed by atoms with Gasteiger partial charge in [0.1, 0.15) is 0 Å². The normalized spacial score (nSPS) is 16.4. The molecule has 1 saturated heterocycles. The van der Waals surface area contributed by atoms with Crippen LogP contribution in [0.5, 0.6) is 0 Å². The van der Waals surface area contributed by atoms with Crippen LogP contribution < -0.4 is 10.6 Å². The first kappa shape index (κ1) is 14.3. The van der Waals surface area contributed by atoms with Crippen molar-refractivity contribution in [3.05, 3.63) is 0 Å². The van der Waals surface area contributed by atoms with Crippen LogP contribution >= 0.6 is 0 Å². The number of rotatable bonds is 7. The summed E-state index contributed by atoms with van der Waals surface area (Å²) in [6.45, 7) is 13.5. The van der Waals surface area contributed by atoms with Crippen LogP contribution in [0, 0.1) is 17.8 Å². The Morgan fingerprint density at radius 2 is 1.94 bits per heavy atom. The van der Waals surface area contributed by atoms with Gasteiger partial charge in [0.25, 0.3) is 0 Å². The molecule has 0 saturated carbocycles. The third kappa shape index (κ3) is 4.54. The van der Waals surface area contributed by atoms with E-state index in [0.717, 1.165) is 32.7 Å². The first-order valence-corrected chi connectivity index (χ1v) is 6.76. The lowest BCUT2D eigenvalue weighted by atomic mass is 9.85. The lowest BCUT2D eigenvalue weighted by Gasteiger charge is -2.25. The van der Waals surface area contributed by atoms with Crippen molar-refractivity contribution in [2.45, 2.75) is 27.7 Å². The smallest absolute Gasteiger partial charge is 0.317 e. The predicted molar refractivity (Wildman–Crippen MR) is 71.0 cm³/mol. The second-order valence-corrected chi connectivity index (χ2v) is 5.57. The van der Waals surface area contributed by atoms with E-state index in [0.29, 0.717) is 17.8 Å². The van der Waals surface area contributed by atoms with Crippen molar-refractivity contribution in [1.82, 2.24) is 15.5 Å². The molecule has 0 bridgehead atoms. The van der Waals surface area contributed by atoms with E-state index >= 15 is 0 Å². The second-order valence-electron chi connectivity index (χ2n) is 5.57. The summed E-state index contributed by atoms with van der Waals surface area (Å²) in [6.07, 6.45) is 0. The maximum absolute atomic E-state index is 11.3. The minimum atomic E-state index is 0.0797. The fourth-order valence-corrected chi connectivity index (χ4v) is 2.45. The zero-order valence-corrected chi connectivity index (χ0v) is 11.6. The van der Waals surface area contributed by atoms with Gasteiger partial charge in [-0.05, 0) is 24.3 Å². The van der Waals surface area contributed by atoms with E-state index < -0.39 is 0 Å². The molecule has 0 atom stereocenters. The van der Waals surface area contributed by atoms with Crippen molar-refractivity contribution in [1.29, 1.82) is 0 Å². The molecule has 4 nitrogen and oxygen atoms in total. The van der Waals surface area contributed by atoms with Crippen molar-refractivity contribution in [2.24, 2.45) is 17.8 Å².